The number of hydrogen-bond acceptors (Lipinski definition) is 7. The number of nitrogens with zero attached hydrogens (tertiary/aromatic N) is 3. The topological polar surface area (TPSA) is 142 Å². The van der Waals surface area contributed by atoms with E-state index in [2.05, 4.69) is 10.4 Å². The number of benzene rings is 2. The molecule has 0 unspecified atom stereocenters. The molecule has 2 amide bonds. The molecule has 13 heteroatoms. The number of carbonyl (C=O) groups excluding carboxylic acids is 2. The van der Waals surface area contributed by atoms with Gasteiger partial charge in [0.15, 0.2) is 0 Å². The molecule has 0 bridgehead atoms. The molecule has 4 aromatic rings. The molecular formula is C34H34ClF2N5O5. The molecule has 0 aliphatic heterocycles. The zero-order valence-electron chi connectivity index (χ0n) is 25.7. The first kappa shape index (κ1) is 31.3. The third kappa shape index (κ3) is 6.23. The Labute approximate surface area is 274 Å². The molecule has 1 atom stereocenters. The molecule has 3 aliphatic carbocycles. The van der Waals surface area contributed by atoms with Gasteiger partial charge in [0.2, 0.25) is 11.7 Å². The van der Waals surface area contributed by atoms with Crippen LogP contribution in [0.1, 0.15) is 67.1 Å². The van der Waals surface area contributed by atoms with Crippen molar-refractivity contribution in [2.24, 2.45) is 11.7 Å². The van der Waals surface area contributed by atoms with Crippen LogP contribution in [0.2, 0.25) is 5.02 Å². The maximum atomic E-state index is 15.2. The van der Waals surface area contributed by atoms with Crippen molar-refractivity contribution >= 4 is 34.3 Å². The fourth-order valence-electron chi connectivity index (χ4n) is 5.84. The number of carbonyl (C=O) groups is 2. The molecule has 7 rings (SSSR count). The Hall–Kier alpha value is -4.29. The SMILES string of the molecule is CCOc1c(CC(N)=O)cc([C@@](O)(CNC(=O)c2cc(OC3CC3)c3nn(C4(F)CC4)cc3c2)C2CC2)nc1-c1cc(Cl)ccc1F. The summed E-state index contributed by atoms with van der Waals surface area (Å²) in [5.41, 5.74) is 5.14. The smallest absolute Gasteiger partial charge is 0.251 e. The van der Waals surface area contributed by atoms with Gasteiger partial charge in [-0.1, -0.05) is 11.6 Å². The minimum absolute atomic E-state index is 0.0146. The molecule has 0 spiro atoms. The predicted molar refractivity (Wildman–Crippen MR) is 169 cm³/mol. The van der Waals surface area contributed by atoms with Gasteiger partial charge in [-0.05, 0) is 74.9 Å². The van der Waals surface area contributed by atoms with Gasteiger partial charge in [-0.15, -0.1) is 0 Å². The van der Waals surface area contributed by atoms with Gasteiger partial charge in [0.25, 0.3) is 5.91 Å². The molecule has 0 radical (unpaired) electrons. The molecule has 2 heterocycles. The van der Waals surface area contributed by atoms with E-state index in [-0.39, 0.29) is 64.9 Å². The summed E-state index contributed by atoms with van der Waals surface area (Å²) in [5, 5.41) is 20.3. The summed E-state index contributed by atoms with van der Waals surface area (Å²) < 4.78 is 43.3. The molecule has 2 aromatic carbocycles. The molecule has 3 fully saturated rings. The van der Waals surface area contributed by atoms with Gasteiger partial charge in [0.1, 0.15) is 34.1 Å². The summed E-state index contributed by atoms with van der Waals surface area (Å²) in [7, 11) is 0. The Morgan fingerprint density at radius 1 is 1.19 bits per heavy atom. The average molecular weight is 666 g/mol. The number of hydrogen-bond donors (Lipinski definition) is 3. The highest BCUT2D eigenvalue weighted by molar-refractivity contribution is 6.30. The first-order valence-corrected chi connectivity index (χ1v) is 16.2. The first-order chi connectivity index (χ1) is 22.5. The molecule has 3 saturated carbocycles. The lowest BCUT2D eigenvalue weighted by Gasteiger charge is -2.30. The molecule has 0 saturated heterocycles. The summed E-state index contributed by atoms with van der Waals surface area (Å²) in [6.45, 7) is 1.68. The van der Waals surface area contributed by atoms with Crippen LogP contribution in [0.15, 0.2) is 42.6 Å². The number of primary amides is 1. The largest absolute Gasteiger partial charge is 0.491 e. The first-order valence-electron chi connectivity index (χ1n) is 15.8. The summed E-state index contributed by atoms with van der Waals surface area (Å²) >= 11 is 6.22. The number of halogens is 3. The van der Waals surface area contributed by atoms with E-state index in [4.69, 9.17) is 31.8 Å². The number of fused-ring (bicyclic) bond motifs is 1. The van der Waals surface area contributed by atoms with E-state index >= 15 is 4.39 Å². The lowest BCUT2D eigenvalue weighted by Crippen LogP contribution is -2.43. The predicted octanol–water partition coefficient (Wildman–Crippen LogP) is 5.30. The number of nitrogens with two attached hydrogens (primary N) is 1. The summed E-state index contributed by atoms with van der Waals surface area (Å²) in [4.78, 5) is 30.5. The lowest BCUT2D eigenvalue weighted by atomic mass is 9.90. The van der Waals surface area contributed by atoms with E-state index in [9.17, 15) is 19.1 Å². The number of alkyl halides is 1. The molecule has 47 heavy (non-hydrogen) atoms. The average Bonchev–Trinajstić information content (AvgIpc) is 3.94. The van der Waals surface area contributed by atoms with Crippen molar-refractivity contribution in [3.05, 3.63) is 70.3 Å². The van der Waals surface area contributed by atoms with Gasteiger partial charge in [-0.25, -0.2) is 18.4 Å². The molecule has 4 N–H and O–H groups in total. The van der Waals surface area contributed by atoms with E-state index in [0.717, 1.165) is 12.8 Å². The van der Waals surface area contributed by atoms with Crippen LogP contribution in [0.5, 0.6) is 11.5 Å². The van der Waals surface area contributed by atoms with E-state index in [0.29, 0.717) is 47.9 Å². The van der Waals surface area contributed by atoms with Crippen molar-refractivity contribution in [2.75, 3.05) is 13.2 Å². The van der Waals surface area contributed by atoms with Crippen LogP contribution in [-0.4, -0.2) is 50.9 Å². The normalized spacial score (nSPS) is 18.1. The molecule has 2 aromatic heterocycles. The Morgan fingerprint density at radius 2 is 1.96 bits per heavy atom. The second-order valence-electron chi connectivity index (χ2n) is 12.6. The highest BCUT2D eigenvalue weighted by Crippen LogP contribution is 2.48. The molecular weight excluding hydrogens is 632 g/mol. The van der Waals surface area contributed by atoms with Crippen molar-refractivity contribution in [2.45, 2.75) is 69.4 Å². The number of pyridine rings is 1. The quantitative estimate of drug-likeness (QED) is 0.176. The van der Waals surface area contributed by atoms with Gasteiger partial charge in [0.05, 0.1) is 31.4 Å². The zero-order chi connectivity index (χ0) is 33.1. The van der Waals surface area contributed by atoms with Crippen molar-refractivity contribution in [1.82, 2.24) is 20.1 Å². The zero-order valence-corrected chi connectivity index (χ0v) is 26.4. The Kier molecular flexibility index (Phi) is 7.83. The summed E-state index contributed by atoms with van der Waals surface area (Å²) in [6.07, 6.45) is 5.16. The van der Waals surface area contributed by atoms with Gasteiger partial charge in [0, 0.05) is 46.1 Å². The fourth-order valence-corrected chi connectivity index (χ4v) is 6.02. The van der Waals surface area contributed by atoms with E-state index < -0.39 is 29.0 Å². The Balaban J connectivity index is 1.24. The number of aliphatic hydroxyl groups is 1. The number of ether oxygens (including phenoxy) is 2. The third-order valence-corrected chi connectivity index (χ3v) is 9.06. The van der Waals surface area contributed by atoms with Gasteiger partial charge in [-0.2, -0.15) is 5.10 Å². The summed E-state index contributed by atoms with van der Waals surface area (Å²) in [6, 6.07) is 8.72. The second kappa shape index (κ2) is 11.7. The van der Waals surface area contributed by atoms with Crippen LogP contribution >= 0.6 is 11.6 Å². The maximum absolute atomic E-state index is 15.2. The monoisotopic (exact) mass is 665 g/mol. The van der Waals surface area contributed by atoms with Crippen LogP contribution in [0, 0.1) is 11.7 Å². The van der Waals surface area contributed by atoms with Crippen LogP contribution < -0.4 is 20.5 Å². The highest BCUT2D eigenvalue weighted by atomic mass is 35.5. The van der Waals surface area contributed by atoms with Crippen LogP contribution in [0.25, 0.3) is 22.2 Å². The van der Waals surface area contributed by atoms with E-state index in [1.165, 1.54) is 28.9 Å². The van der Waals surface area contributed by atoms with E-state index in [1.807, 2.05) is 0 Å². The van der Waals surface area contributed by atoms with Crippen LogP contribution in [0.3, 0.4) is 0 Å². The molecule has 10 nitrogen and oxygen atoms in total. The van der Waals surface area contributed by atoms with Crippen molar-refractivity contribution < 1.29 is 33.0 Å². The highest BCUT2D eigenvalue weighted by Gasteiger charge is 2.48. The molecule has 3 aliphatic rings. The number of aromatic nitrogens is 3. The number of amides is 2. The third-order valence-electron chi connectivity index (χ3n) is 8.83. The Morgan fingerprint density at radius 3 is 2.62 bits per heavy atom. The lowest BCUT2D eigenvalue weighted by molar-refractivity contribution is -0.117. The van der Waals surface area contributed by atoms with Gasteiger partial charge >= 0.3 is 0 Å². The standard InChI is InChI=1S/C34H34ClF2N5O5/c1-2-46-31-18(14-28(38)43)13-27(40-30(31)24-15-22(35)5-8-25(24)36)34(45,21-3-4-21)17-39-32(44)19-11-20-16-42(33(37)9-10-33)41-29(20)26(12-19)47-23-6-7-23/h5,8,11-13,15-16,21,23,45H,2-4,6-7,9-10,14,17H2,1H3,(H2,38,43)(H,39,44)/t34-/m1/s1. The fraction of sp³-hybridized carbons (Fsp3) is 0.412. The van der Waals surface area contributed by atoms with Crippen molar-refractivity contribution in [3.8, 4) is 22.8 Å². The Bertz CT molecular complexity index is 1910. The maximum Gasteiger partial charge on any atom is 0.251 e. The number of rotatable bonds is 13. The molecule has 246 valence electrons. The second-order valence-corrected chi connectivity index (χ2v) is 13.1. The minimum atomic E-state index is -1.69. The summed E-state index contributed by atoms with van der Waals surface area (Å²) in [5.74, 6) is -3.04. The van der Waals surface area contributed by atoms with Gasteiger partial charge in [-0.3, -0.25) is 9.59 Å². The minimum Gasteiger partial charge on any atom is -0.491 e. The number of nitrogens with one attached hydrogen (secondary N) is 1. The van der Waals surface area contributed by atoms with Crippen molar-refractivity contribution in [3.63, 3.8) is 0 Å². The van der Waals surface area contributed by atoms with E-state index in [1.54, 1.807) is 25.3 Å². The van der Waals surface area contributed by atoms with Crippen LogP contribution in [0.4, 0.5) is 8.78 Å². The van der Waals surface area contributed by atoms with Crippen LogP contribution in [-0.2, 0) is 22.6 Å². The van der Waals surface area contributed by atoms with Gasteiger partial charge < -0.3 is 25.6 Å². The van der Waals surface area contributed by atoms with Crippen molar-refractivity contribution in [1.29, 1.82) is 0 Å².